The molecule has 0 saturated carbocycles. The van der Waals surface area contributed by atoms with Gasteiger partial charge in [0.1, 0.15) is 5.75 Å². The molecule has 1 aromatic carbocycles. The van der Waals surface area contributed by atoms with E-state index in [2.05, 4.69) is 5.32 Å². The SMILES string of the molecule is COc1cc(NC2CN(C(C)=O)C2)ccc1C. The third kappa shape index (κ3) is 2.52. The van der Waals surface area contributed by atoms with Gasteiger partial charge in [-0.3, -0.25) is 4.79 Å². The van der Waals surface area contributed by atoms with Crippen molar-refractivity contribution in [3.05, 3.63) is 23.8 Å². The normalized spacial score (nSPS) is 15.4. The molecule has 0 spiro atoms. The minimum atomic E-state index is 0.143. The van der Waals surface area contributed by atoms with Crippen molar-refractivity contribution >= 4 is 11.6 Å². The first kappa shape index (κ1) is 11.8. The van der Waals surface area contributed by atoms with Gasteiger partial charge in [-0.2, -0.15) is 0 Å². The van der Waals surface area contributed by atoms with Crippen LogP contribution in [0.25, 0.3) is 0 Å². The molecule has 0 aromatic heterocycles. The molecular weight excluding hydrogens is 216 g/mol. The predicted molar refractivity (Wildman–Crippen MR) is 67.4 cm³/mol. The lowest BCUT2D eigenvalue weighted by Crippen LogP contribution is -2.56. The highest BCUT2D eigenvalue weighted by molar-refractivity contribution is 5.74. The largest absolute Gasteiger partial charge is 0.496 e. The molecule has 1 fully saturated rings. The van der Waals surface area contributed by atoms with Crippen LogP contribution in [0.15, 0.2) is 18.2 Å². The molecule has 4 heteroatoms. The second-order valence-corrected chi connectivity index (χ2v) is 4.45. The Morgan fingerprint density at radius 3 is 2.76 bits per heavy atom. The Labute approximate surface area is 102 Å². The van der Waals surface area contributed by atoms with Crippen LogP contribution < -0.4 is 10.1 Å². The predicted octanol–water partition coefficient (Wildman–Crippen LogP) is 1.65. The number of rotatable bonds is 3. The first-order valence-corrected chi connectivity index (χ1v) is 5.77. The zero-order valence-electron chi connectivity index (χ0n) is 10.5. The highest BCUT2D eigenvalue weighted by Gasteiger charge is 2.28. The van der Waals surface area contributed by atoms with Gasteiger partial charge in [0.15, 0.2) is 0 Å². The monoisotopic (exact) mass is 234 g/mol. The van der Waals surface area contributed by atoms with Crippen molar-refractivity contribution in [3.8, 4) is 5.75 Å². The van der Waals surface area contributed by atoms with E-state index in [9.17, 15) is 4.79 Å². The van der Waals surface area contributed by atoms with E-state index in [1.165, 1.54) is 0 Å². The fraction of sp³-hybridized carbons (Fsp3) is 0.462. The summed E-state index contributed by atoms with van der Waals surface area (Å²) in [7, 11) is 1.67. The molecular formula is C13H18N2O2. The second-order valence-electron chi connectivity index (χ2n) is 4.45. The molecule has 0 unspecified atom stereocenters. The Morgan fingerprint density at radius 1 is 1.47 bits per heavy atom. The van der Waals surface area contributed by atoms with E-state index < -0.39 is 0 Å². The number of hydrogen-bond acceptors (Lipinski definition) is 3. The summed E-state index contributed by atoms with van der Waals surface area (Å²) in [6, 6.07) is 6.41. The van der Waals surface area contributed by atoms with Gasteiger partial charge in [0, 0.05) is 31.8 Å². The molecule has 92 valence electrons. The van der Waals surface area contributed by atoms with Gasteiger partial charge in [-0.05, 0) is 18.6 Å². The number of carbonyl (C=O) groups is 1. The van der Waals surface area contributed by atoms with Crippen molar-refractivity contribution < 1.29 is 9.53 Å². The third-order valence-electron chi connectivity index (χ3n) is 3.11. The summed E-state index contributed by atoms with van der Waals surface area (Å²) in [5.41, 5.74) is 2.16. The van der Waals surface area contributed by atoms with Crippen LogP contribution >= 0.6 is 0 Å². The molecule has 2 rings (SSSR count). The summed E-state index contributed by atoms with van der Waals surface area (Å²) in [4.78, 5) is 12.9. The smallest absolute Gasteiger partial charge is 0.219 e. The van der Waals surface area contributed by atoms with Crippen LogP contribution in [0.5, 0.6) is 5.75 Å². The molecule has 0 bridgehead atoms. The molecule has 4 nitrogen and oxygen atoms in total. The number of nitrogens with zero attached hydrogens (tertiary/aromatic N) is 1. The van der Waals surface area contributed by atoms with Gasteiger partial charge in [-0.15, -0.1) is 0 Å². The topological polar surface area (TPSA) is 41.6 Å². The van der Waals surface area contributed by atoms with Crippen LogP contribution in [0.2, 0.25) is 0 Å². The van der Waals surface area contributed by atoms with Gasteiger partial charge in [0.25, 0.3) is 0 Å². The number of nitrogens with one attached hydrogen (secondary N) is 1. The van der Waals surface area contributed by atoms with Crippen molar-refractivity contribution in [2.24, 2.45) is 0 Å². The number of hydrogen-bond donors (Lipinski definition) is 1. The molecule has 0 radical (unpaired) electrons. The van der Waals surface area contributed by atoms with E-state index in [1.807, 2.05) is 30.0 Å². The van der Waals surface area contributed by atoms with E-state index in [0.717, 1.165) is 30.1 Å². The first-order chi connectivity index (χ1) is 8.10. The van der Waals surface area contributed by atoms with Crippen molar-refractivity contribution in [3.63, 3.8) is 0 Å². The lowest BCUT2D eigenvalue weighted by molar-refractivity contribution is -0.132. The third-order valence-corrected chi connectivity index (χ3v) is 3.11. The van der Waals surface area contributed by atoms with E-state index in [-0.39, 0.29) is 5.91 Å². The molecule has 1 aliphatic rings. The number of anilines is 1. The summed E-state index contributed by atoms with van der Waals surface area (Å²) in [6.07, 6.45) is 0. The van der Waals surface area contributed by atoms with Gasteiger partial charge < -0.3 is 15.0 Å². The summed E-state index contributed by atoms with van der Waals surface area (Å²) in [5.74, 6) is 1.03. The van der Waals surface area contributed by atoms with Crippen LogP contribution in [0, 0.1) is 6.92 Å². The highest BCUT2D eigenvalue weighted by atomic mass is 16.5. The van der Waals surface area contributed by atoms with Gasteiger partial charge in [-0.1, -0.05) is 6.07 Å². The quantitative estimate of drug-likeness (QED) is 0.864. The minimum absolute atomic E-state index is 0.143. The Morgan fingerprint density at radius 2 is 2.18 bits per heavy atom. The Kier molecular flexibility index (Phi) is 3.22. The molecule has 1 N–H and O–H groups in total. The lowest BCUT2D eigenvalue weighted by atomic mass is 10.1. The Bertz CT molecular complexity index is 425. The number of ether oxygens (including phenoxy) is 1. The zero-order valence-corrected chi connectivity index (χ0v) is 10.5. The number of amides is 1. The van der Waals surface area contributed by atoms with Crippen molar-refractivity contribution in [2.45, 2.75) is 19.9 Å². The molecule has 0 aliphatic carbocycles. The van der Waals surface area contributed by atoms with Crippen molar-refractivity contribution in [1.29, 1.82) is 0 Å². The fourth-order valence-electron chi connectivity index (χ4n) is 1.97. The van der Waals surface area contributed by atoms with Gasteiger partial charge in [0.2, 0.25) is 5.91 Å². The van der Waals surface area contributed by atoms with Gasteiger partial charge in [0.05, 0.1) is 13.2 Å². The molecule has 1 amide bonds. The summed E-state index contributed by atoms with van der Waals surface area (Å²) in [6.45, 7) is 5.19. The van der Waals surface area contributed by atoms with E-state index in [4.69, 9.17) is 4.74 Å². The lowest BCUT2D eigenvalue weighted by Gasteiger charge is -2.39. The van der Waals surface area contributed by atoms with E-state index in [1.54, 1.807) is 14.0 Å². The summed E-state index contributed by atoms with van der Waals surface area (Å²) < 4.78 is 5.27. The standard InChI is InChI=1S/C13H18N2O2/c1-9-4-5-11(6-13(9)17-3)14-12-7-15(8-12)10(2)16/h4-6,12,14H,7-8H2,1-3H3. The maximum atomic E-state index is 11.0. The number of likely N-dealkylation sites (tertiary alicyclic amines) is 1. The molecule has 1 aliphatic heterocycles. The first-order valence-electron chi connectivity index (χ1n) is 5.77. The molecule has 17 heavy (non-hydrogen) atoms. The molecule has 1 heterocycles. The zero-order chi connectivity index (χ0) is 12.4. The number of aryl methyl sites for hydroxylation is 1. The van der Waals surface area contributed by atoms with Gasteiger partial charge >= 0.3 is 0 Å². The number of carbonyl (C=O) groups excluding carboxylic acids is 1. The minimum Gasteiger partial charge on any atom is -0.496 e. The number of methoxy groups -OCH3 is 1. The molecule has 0 atom stereocenters. The van der Waals surface area contributed by atoms with Crippen molar-refractivity contribution in [1.82, 2.24) is 4.90 Å². The van der Waals surface area contributed by atoms with Crippen LogP contribution in [0.4, 0.5) is 5.69 Å². The molecule has 1 saturated heterocycles. The summed E-state index contributed by atoms with van der Waals surface area (Å²) in [5, 5.41) is 3.39. The highest BCUT2D eigenvalue weighted by Crippen LogP contribution is 2.24. The Balaban J connectivity index is 1.94. The average Bonchev–Trinajstić information content (AvgIpc) is 2.24. The Hall–Kier alpha value is -1.71. The maximum absolute atomic E-state index is 11.0. The summed E-state index contributed by atoms with van der Waals surface area (Å²) >= 11 is 0. The van der Waals surface area contributed by atoms with Crippen LogP contribution in [-0.4, -0.2) is 37.0 Å². The molecule has 1 aromatic rings. The van der Waals surface area contributed by atoms with Crippen molar-refractivity contribution in [2.75, 3.05) is 25.5 Å². The van der Waals surface area contributed by atoms with E-state index in [0.29, 0.717) is 6.04 Å². The van der Waals surface area contributed by atoms with Crippen LogP contribution in [0.1, 0.15) is 12.5 Å². The number of benzene rings is 1. The maximum Gasteiger partial charge on any atom is 0.219 e. The van der Waals surface area contributed by atoms with Crippen LogP contribution in [-0.2, 0) is 4.79 Å². The van der Waals surface area contributed by atoms with Gasteiger partial charge in [-0.25, -0.2) is 0 Å². The van der Waals surface area contributed by atoms with Crippen LogP contribution in [0.3, 0.4) is 0 Å². The average molecular weight is 234 g/mol. The fourth-order valence-corrected chi connectivity index (χ4v) is 1.97. The van der Waals surface area contributed by atoms with E-state index >= 15 is 0 Å². The second kappa shape index (κ2) is 4.65.